The first kappa shape index (κ1) is 23.4. The van der Waals surface area contributed by atoms with Crippen molar-refractivity contribution < 1.29 is 30.6 Å². The molecule has 3 rings (SSSR count). The van der Waals surface area contributed by atoms with E-state index in [1.807, 2.05) is 20.8 Å². The molecule has 0 heterocycles. The molecular weight excluding hydrogens is 432 g/mol. The van der Waals surface area contributed by atoms with E-state index in [1.54, 1.807) is 25.1 Å². The van der Waals surface area contributed by atoms with Gasteiger partial charge in [0.25, 0.3) is 0 Å². The lowest BCUT2D eigenvalue weighted by Gasteiger charge is -2.24. The average Bonchev–Trinajstić information content (AvgIpc) is 2.73. The number of hydrogen-bond donors (Lipinski definition) is 6. The van der Waals surface area contributed by atoms with E-state index < -0.39 is 17.2 Å². The Labute approximate surface area is 191 Å². The molecule has 0 saturated carbocycles. The molecule has 0 aliphatic carbocycles. The van der Waals surface area contributed by atoms with Crippen molar-refractivity contribution >= 4 is 11.6 Å². The van der Waals surface area contributed by atoms with E-state index in [1.165, 1.54) is 13.8 Å². The second-order valence-electron chi connectivity index (χ2n) is 9.08. The first-order valence-electron chi connectivity index (χ1n) is 10.0. The van der Waals surface area contributed by atoms with Gasteiger partial charge in [0.05, 0.1) is 5.02 Å². The zero-order valence-corrected chi connectivity index (χ0v) is 19.5. The summed E-state index contributed by atoms with van der Waals surface area (Å²) >= 11 is 6.36. The van der Waals surface area contributed by atoms with E-state index in [2.05, 4.69) is 0 Å². The lowest BCUT2D eigenvalue weighted by Crippen LogP contribution is -2.11. The fourth-order valence-corrected chi connectivity index (χ4v) is 4.09. The molecule has 3 aromatic carbocycles. The van der Waals surface area contributed by atoms with Crippen LogP contribution in [-0.4, -0.2) is 30.6 Å². The average molecular weight is 459 g/mol. The molecule has 0 spiro atoms. The van der Waals surface area contributed by atoms with Crippen LogP contribution in [0.25, 0.3) is 22.3 Å². The molecule has 0 amide bonds. The summed E-state index contributed by atoms with van der Waals surface area (Å²) in [7, 11) is 0. The van der Waals surface area contributed by atoms with Crippen LogP contribution in [0.3, 0.4) is 0 Å². The van der Waals surface area contributed by atoms with Crippen LogP contribution in [-0.2, 0) is 5.41 Å². The lowest BCUT2D eigenvalue weighted by atomic mass is 9.82. The third kappa shape index (κ3) is 3.54. The number of hydrogen-bond acceptors (Lipinski definition) is 6. The summed E-state index contributed by atoms with van der Waals surface area (Å²) in [5.41, 5.74) is 2.04. The molecule has 0 saturated heterocycles. The van der Waals surface area contributed by atoms with Crippen LogP contribution in [0.5, 0.6) is 34.5 Å². The standard InChI is InChI=1S/C25H27ClO6/c1-10-16(23(31)21(29)11(2)19(10)27)13-7-14(9-15(8-13)25(4,5)6)17-18(26)20(28)12(3)22(30)24(17)32/h7-9,27-32H,1-6H3. The highest BCUT2D eigenvalue weighted by molar-refractivity contribution is 6.35. The van der Waals surface area contributed by atoms with Crippen molar-refractivity contribution in [3.8, 4) is 56.8 Å². The number of rotatable bonds is 2. The molecule has 6 N–H and O–H groups in total. The maximum Gasteiger partial charge on any atom is 0.167 e. The van der Waals surface area contributed by atoms with Gasteiger partial charge in [0.15, 0.2) is 23.0 Å². The Balaban J connectivity index is 2.47. The number of benzene rings is 3. The van der Waals surface area contributed by atoms with Gasteiger partial charge in [-0.15, -0.1) is 0 Å². The highest BCUT2D eigenvalue weighted by Gasteiger charge is 2.26. The lowest BCUT2D eigenvalue weighted by molar-refractivity contribution is 0.392. The normalized spacial score (nSPS) is 11.7. The Morgan fingerprint density at radius 3 is 1.50 bits per heavy atom. The van der Waals surface area contributed by atoms with E-state index in [9.17, 15) is 30.6 Å². The summed E-state index contributed by atoms with van der Waals surface area (Å²) < 4.78 is 0. The molecule has 32 heavy (non-hydrogen) atoms. The third-order valence-corrected chi connectivity index (χ3v) is 6.25. The molecule has 0 aliphatic rings. The van der Waals surface area contributed by atoms with Crippen molar-refractivity contribution in [2.24, 2.45) is 0 Å². The number of aromatic hydroxyl groups is 6. The molecule has 0 unspecified atom stereocenters. The molecule has 0 radical (unpaired) electrons. The Morgan fingerprint density at radius 1 is 0.562 bits per heavy atom. The molecule has 6 nitrogen and oxygen atoms in total. The van der Waals surface area contributed by atoms with Gasteiger partial charge in [-0.05, 0) is 48.9 Å². The van der Waals surface area contributed by atoms with Gasteiger partial charge in [0.1, 0.15) is 11.5 Å². The van der Waals surface area contributed by atoms with Crippen molar-refractivity contribution in [2.75, 3.05) is 0 Å². The largest absolute Gasteiger partial charge is 0.507 e. The van der Waals surface area contributed by atoms with Gasteiger partial charge >= 0.3 is 0 Å². The second kappa shape index (κ2) is 7.71. The van der Waals surface area contributed by atoms with Gasteiger partial charge in [-0.1, -0.05) is 44.5 Å². The summed E-state index contributed by atoms with van der Waals surface area (Å²) in [6.07, 6.45) is 0. The zero-order valence-electron chi connectivity index (χ0n) is 18.8. The molecule has 0 atom stereocenters. The van der Waals surface area contributed by atoms with Gasteiger partial charge in [0.2, 0.25) is 0 Å². The minimum atomic E-state index is -0.491. The highest BCUT2D eigenvalue weighted by Crippen LogP contribution is 2.52. The van der Waals surface area contributed by atoms with Gasteiger partial charge in [-0.2, -0.15) is 0 Å². The molecule has 7 heteroatoms. The van der Waals surface area contributed by atoms with Gasteiger partial charge in [-0.25, -0.2) is 0 Å². The first-order chi connectivity index (χ1) is 14.7. The minimum absolute atomic E-state index is 0.0253. The van der Waals surface area contributed by atoms with E-state index >= 15 is 0 Å². The summed E-state index contributed by atoms with van der Waals surface area (Å²) in [6, 6.07) is 5.16. The summed E-state index contributed by atoms with van der Waals surface area (Å²) in [4.78, 5) is 0. The Bertz CT molecular complexity index is 1110. The molecule has 0 aromatic heterocycles. The van der Waals surface area contributed by atoms with Crippen LogP contribution >= 0.6 is 11.6 Å². The smallest absolute Gasteiger partial charge is 0.167 e. The van der Waals surface area contributed by atoms with Crippen LogP contribution in [0.15, 0.2) is 18.2 Å². The third-order valence-electron chi connectivity index (χ3n) is 5.88. The summed E-state index contributed by atoms with van der Waals surface area (Å²) in [6.45, 7) is 10.5. The van der Waals surface area contributed by atoms with E-state index in [-0.39, 0.29) is 49.9 Å². The number of phenols is 6. The quantitative estimate of drug-likeness (QED) is 0.203. The topological polar surface area (TPSA) is 121 Å². The summed E-state index contributed by atoms with van der Waals surface area (Å²) in [5, 5.41) is 62.7. The Morgan fingerprint density at radius 2 is 1.00 bits per heavy atom. The Hall–Kier alpha value is -3.25. The SMILES string of the molecule is Cc1c(O)c(C)c(-c2cc(-c3c(O)c(O)c(C)c(O)c3Cl)cc(C(C)(C)C)c2)c(O)c1O. The van der Waals surface area contributed by atoms with Crippen molar-refractivity contribution in [3.05, 3.63) is 45.5 Å². The Kier molecular flexibility index (Phi) is 5.64. The second-order valence-corrected chi connectivity index (χ2v) is 9.46. The van der Waals surface area contributed by atoms with Crippen molar-refractivity contribution in [2.45, 2.75) is 47.0 Å². The fraction of sp³-hybridized carbons (Fsp3) is 0.280. The maximum atomic E-state index is 10.7. The molecule has 0 aliphatic heterocycles. The molecule has 170 valence electrons. The maximum absolute atomic E-state index is 10.7. The van der Waals surface area contributed by atoms with Crippen LogP contribution in [0.4, 0.5) is 0 Å². The summed E-state index contributed by atoms with van der Waals surface area (Å²) in [5.74, 6) is -2.31. The van der Waals surface area contributed by atoms with Gasteiger partial charge in [0, 0.05) is 27.8 Å². The first-order valence-corrected chi connectivity index (χ1v) is 10.4. The fourth-order valence-electron chi connectivity index (χ4n) is 3.75. The minimum Gasteiger partial charge on any atom is -0.507 e. The van der Waals surface area contributed by atoms with E-state index in [4.69, 9.17) is 11.6 Å². The number of halogens is 1. The van der Waals surface area contributed by atoms with Crippen LogP contribution in [0, 0.1) is 20.8 Å². The molecule has 0 bridgehead atoms. The highest BCUT2D eigenvalue weighted by atomic mass is 35.5. The monoisotopic (exact) mass is 458 g/mol. The molecule has 0 fully saturated rings. The van der Waals surface area contributed by atoms with Crippen LogP contribution in [0.2, 0.25) is 5.02 Å². The predicted octanol–water partition coefficient (Wildman–Crippen LogP) is 6.13. The van der Waals surface area contributed by atoms with E-state index in [0.717, 1.165) is 5.56 Å². The predicted molar refractivity (Wildman–Crippen MR) is 125 cm³/mol. The van der Waals surface area contributed by atoms with Crippen molar-refractivity contribution in [3.63, 3.8) is 0 Å². The number of phenolic OH excluding ortho intramolecular Hbond substituents is 6. The molecular formula is C25H27ClO6. The zero-order chi connectivity index (χ0) is 24.3. The van der Waals surface area contributed by atoms with E-state index in [0.29, 0.717) is 16.7 Å². The van der Waals surface area contributed by atoms with Gasteiger partial charge < -0.3 is 30.6 Å². The van der Waals surface area contributed by atoms with Crippen molar-refractivity contribution in [1.29, 1.82) is 0 Å². The van der Waals surface area contributed by atoms with Gasteiger partial charge in [-0.3, -0.25) is 0 Å². The van der Waals surface area contributed by atoms with Crippen LogP contribution < -0.4 is 0 Å². The molecule has 3 aromatic rings. The van der Waals surface area contributed by atoms with Crippen molar-refractivity contribution in [1.82, 2.24) is 0 Å². The van der Waals surface area contributed by atoms with Crippen LogP contribution in [0.1, 0.15) is 43.0 Å².